The van der Waals surface area contributed by atoms with Crippen molar-refractivity contribution in [2.75, 3.05) is 0 Å². The summed E-state index contributed by atoms with van der Waals surface area (Å²) in [4.78, 5) is 4.10. The molecule has 0 saturated heterocycles. The first-order valence-corrected chi connectivity index (χ1v) is 6.32. The van der Waals surface area contributed by atoms with Gasteiger partial charge in [0.05, 0.1) is 0 Å². The van der Waals surface area contributed by atoms with E-state index in [4.69, 9.17) is 0 Å². The smallest absolute Gasteiger partial charge is 0.311 e. The molecule has 1 rings (SSSR count). The molecule has 2 nitrogen and oxygen atoms in total. The minimum Gasteiger partial charge on any atom is -0.311 e. The van der Waals surface area contributed by atoms with E-state index in [1.165, 1.54) is 6.20 Å². The van der Waals surface area contributed by atoms with Crippen LogP contribution in [0.25, 0.3) is 0 Å². The van der Waals surface area contributed by atoms with Crippen molar-refractivity contribution in [2.45, 2.75) is 51.9 Å². The van der Waals surface area contributed by atoms with Gasteiger partial charge < -0.3 is 5.32 Å². The van der Waals surface area contributed by atoms with Gasteiger partial charge in [-0.05, 0) is 6.92 Å². The standard InChI is InChI=1S/C11H17F3N2S/c1-6(2)16-8(4)7(3)9-5-15-10(17-9)11(12,13)14/h5-8,16H,1-4H3. The molecule has 0 radical (unpaired) electrons. The Kier molecular flexibility index (Phi) is 4.55. The number of hydrogen-bond acceptors (Lipinski definition) is 3. The Morgan fingerprint density at radius 1 is 1.24 bits per heavy atom. The molecule has 0 fully saturated rings. The van der Waals surface area contributed by atoms with Crippen LogP contribution in [0, 0.1) is 0 Å². The van der Waals surface area contributed by atoms with Gasteiger partial charge in [-0.25, -0.2) is 4.98 Å². The van der Waals surface area contributed by atoms with E-state index < -0.39 is 11.2 Å². The normalized spacial score (nSPS) is 16.2. The maximum absolute atomic E-state index is 12.4. The third-order valence-electron chi connectivity index (χ3n) is 2.56. The molecule has 0 bridgehead atoms. The molecular formula is C11H17F3N2S. The van der Waals surface area contributed by atoms with E-state index in [-0.39, 0.29) is 12.0 Å². The van der Waals surface area contributed by atoms with Crippen molar-refractivity contribution in [1.82, 2.24) is 10.3 Å². The third-order valence-corrected chi connectivity index (χ3v) is 3.80. The number of aromatic nitrogens is 1. The number of thiazole rings is 1. The second-order valence-electron chi connectivity index (χ2n) is 4.46. The van der Waals surface area contributed by atoms with Crippen molar-refractivity contribution in [3.05, 3.63) is 16.1 Å². The lowest BCUT2D eigenvalue weighted by molar-refractivity contribution is -0.137. The summed E-state index contributed by atoms with van der Waals surface area (Å²) in [5, 5.41) is 2.52. The Morgan fingerprint density at radius 3 is 2.24 bits per heavy atom. The Hall–Kier alpha value is -0.620. The molecule has 6 heteroatoms. The Morgan fingerprint density at radius 2 is 1.82 bits per heavy atom. The highest BCUT2D eigenvalue weighted by molar-refractivity contribution is 7.11. The van der Waals surface area contributed by atoms with Crippen LogP contribution in [0.2, 0.25) is 0 Å². The Balaban J connectivity index is 2.76. The van der Waals surface area contributed by atoms with Crippen molar-refractivity contribution < 1.29 is 13.2 Å². The van der Waals surface area contributed by atoms with Gasteiger partial charge in [0, 0.05) is 29.1 Å². The highest BCUT2D eigenvalue weighted by atomic mass is 32.1. The summed E-state index contributed by atoms with van der Waals surface area (Å²) in [6, 6.07) is 0.430. The van der Waals surface area contributed by atoms with Crippen LogP contribution in [0.5, 0.6) is 0 Å². The highest BCUT2D eigenvalue weighted by Crippen LogP contribution is 2.35. The van der Waals surface area contributed by atoms with Gasteiger partial charge in [-0.1, -0.05) is 20.8 Å². The van der Waals surface area contributed by atoms with Crippen LogP contribution in [-0.4, -0.2) is 17.1 Å². The average molecular weight is 266 g/mol. The number of rotatable bonds is 4. The van der Waals surface area contributed by atoms with Crippen molar-refractivity contribution in [2.24, 2.45) is 0 Å². The van der Waals surface area contributed by atoms with E-state index in [1.54, 1.807) is 0 Å². The van der Waals surface area contributed by atoms with Crippen LogP contribution in [0.4, 0.5) is 13.2 Å². The fourth-order valence-corrected chi connectivity index (χ4v) is 2.48. The summed E-state index contributed by atoms with van der Waals surface area (Å²) in [5.41, 5.74) is 0. The van der Waals surface area contributed by atoms with Crippen LogP contribution >= 0.6 is 11.3 Å². The summed E-state index contributed by atoms with van der Waals surface area (Å²) in [6.45, 7) is 7.90. The zero-order valence-electron chi connectivity index (χ0n) is 10.3. The molecule has 0 spiro atoms. The average Bonchev–Trinajstić information content (AvgIpc) is 2.63. The number of nitrogens with zero attached hydrogens (tertiary/aromatic N) is 1. The molecule has 0 aromatic carbocycles. The lowest BCUT2D eigenvalue weighted by Gasteiger charge is -2.22. The molecule has 1 N–H and O–H groups in total. The molecule has 98 valence electrons. The maximum Gasteiger partial charge on any atom is 0.443 e. The first kappa shape index (κ1) is 14.4. The van der Waals surface area contributed by atoms with E-state index in [1.807, 2.05) is 27.7 Å². The lowest BCUT2D eigenvalue weighted by atomic mass is 10.0. The highest BCUT2D eigenvalue weighted by Gasteiger charge is 2.35. The quantitative estimate of drug-likeness (QED) is 0.899. The molecule has 0 aliphatic carbocycles. The molecule has 0 aliphatic heterocycles. The summed E-state index contributed by atoms with van der Waals surface area (Å²) in [7, 11) is 0. The van der Waals surface area contributed by atoms with Gasteiger partial charge in [-0.3, -0.25) is 0 Å². The van der Waals surface area contributed by atoms with Gasteiger partial charge in [0.1, 0.15) is 0 Å². The second kappa shape index (κ2) is 5.35. The minimum absolute atomic E-state index is 0.0194. The molecule has 17 heavy (non-hydrogen) atoms. The third kappa shape index (κ3) is 3.96. The zero-order chi connectivity index (χ0) is 13.2. The second-order valence-corrected chi connectivity index (χ2v) is 5.53. The summed E-state index contributed by atoms with van der Waals surface area (Å²) in [5.74, 6) is 0.0194. The fourth-order valence-electron chi connectivity index (χ4n) is 1.54. The van der Waals surface area contributed by atoms with Crippen LogP contribution in [0.1, 0.15) is 43.5 Å². The topological polar surface area (TPSA) is 24.9 Å². The summed E-state index contributed by atoms with van der Waals surface area (Å²) in [6.07, 6.45) is -3.01. The predicted octanol–water partition coefficient (Wildman–Crippen LogP) is 3.65. The van der Waals surface area contributed by atoms with E-state index in [9.17, 15) is 13.2 Å². The molecule has 1 aromatic heterocycles. The van der Waals surface area contributed by atoms with E-state index >= 15 is 0 Å². The lowest BCUT2D eigenvalue weighted by Crippen LogP contribution is -2.35. The van der Waals surface area contributed by atoms with E-state index in [2.05, 4.69) is 10.3 Å². The first-order chi connectivity index (χ1) is 7.71. The molecule has 0 amide bonds. The summed E-state index contributed by atoms with van der Waals surface area (Å²) >= 11 is 0.727. The Bertz CT molecular complexity index is 360. The van der Waals surface area contributed by atoms with Gasteiger partial charge in [-0.15, -0.1) is 11.3 Å². The monoisotopic (exact) mass is 266 g/mol. The fraction of sp³-hybridized carbons (Fsp3) is 0.727. The molecule has 1 aromatic rings. The maximum atomic E-state index is 12.4. The zero-order valence-corrected chi connectivity index (χ0v) is 11.1. The van der Waals surface area contributed by atoms with Crippen molar-refractivity contribution in [3.63, 3.8) is 0 Å². The number of hydrogen-bond donors (Lipinski definition) is 1. The molecule has 0 aliphatic rings. The molecular weight excluding hydrogens is 249 g/mol. The SMILES string of the molecule is CC(C)NC(C)C(C)c1cnc(C(F)(F)F)s1. The van der Waals surface area contributed by atoms with Crippen LogP contribution in [0.3, 0.4) is 0 Å². The molecule has 1 heterocycles. The minimum atomic E-state index is -4.34. The number of nitrogens with one attached hydrogen (secondary N) is 1. The largest absolute Gasteiger partial charge is 0.443 e. The van der Waals surface area contributed by atoms with Crippen LogP contribution in [-0.2, 0) is 6.18 Å². The van der Waals surface area contributed by atoms with Gasteiger partial charge >= 0.3 is 6.18 Å². The Labute approximate surface area is 103 Å². The van der Waals surface area contributed by atoms with Crippen molar-refractivity contribution in [1.29, 1.82) is 0 Å². The van der Waals surface area contributed by atoms with E-state index in [0.717, 1.165) is 11.3 Å². The van der Waals surface area contributed by atoms with Gasteiger partial charge in [0.15, 0.2) is 5.01 Å². The van der Waals surface area contributed by atoms with Gasteiger partial charge in [-0.2, -0.15) is 13.2 Å². The van der Waals surface area contributed by atoms with E-state index in [0.29, 0.717) is 10.9 Å². The van der Waals surface area contributed by atoms with Crippen LogP contribution in [0.15, 0.2) is 6.20 Å². The molecule has 2 unspecified atom stereocenters. The summed E-state index contributed by atoms with van der Waals surface area (Å²) < 4.78 is 37.2. The van der Waals surface area contributed by atoms with Gasteiger partial charge in [0.2, 0.25) is 0 Å². The first-order valence-electron chi connectivity index (χ1n) is 5.50. The van der Waals surface area contributed by atoms with Gasteiger partial charge in [0.25, 0.3) is 0 Å². The van der Waals surface area contributed by atoms with Crippen molar-refractivity contribution in [3.8, 4) is 0 Å². The predicted molar refractivity (Wildman–Crippen MR) is 63.3 cm³/mol. The number of halogens is 3. The molecule has 0 saturated carbocycles. The number of alkyl halides is 3. The van der Waals surface area contributed by atoms with Crippen molar-refractivity contribution >= 4 is 11.3 Å². The van der Waals surface area contributed by atoms with Crippen LogP contribution < -0.4 is 5.32 Å². The molecule has 2 atom stereocenters.